The zero-order valence-corrected chi connectivity index (χ0v) is 12.1. The van der Waals surface area contributed by atoms with Crippen LogP contribution in [0.5, 0.6) is 0 Å². The molecular weight excluding hydrogens is 262 g/mol. The number of para-hydroxylation sites is 1. The van der Waals surface area contributed by atoms with Gasteiger partial charge in [0.2, 0.25) is 0 Å². The number of hydrogen-bond acceptors (Lipinski definition) is 2. The molecule has 21 heavy (non-hydrogen) atoms. The van der Waals surface area contributed by atoms with Crippen molar-refractivity contribution in [1.29, 1.82) is 0 Å². The molecule has 2 heterocycles. The van der Waals surface area contributed by atoms with Gasteiger partial charge in [-0.2, -0.15) is 0 Å². The fraction of sp³-hybridized carbons (Fsp3) is 0.176. The Balaban J connectivity index is 1.91. The first-order chi connectivity index (χ1) is 10.2. The second-order valence-corrected chi connectivity index (χ2v) is 5.12. The Bertz CT molecular complexity index is 764. The average Bonchev–Trinajstić information content (AvgIpc) is 2.97. The lowest BCUT2D eigenvalue weighted by Gasteiger charge is -2.25. The van der Waals surface area contributed by atoms with Crippen molar-refractivity contribution in [2.75, 3.05) is 7.05 Å². The van der Waals surface area contributed by atoms with Gasteiger partial charge >= 0.3 is 0 Å². The number of aromatic amines is 1. The first-order valence-corrected chi connectivity index (χ1v) is 6.91. The van der Waals surface area contributed by atoms with Gasteiger partial charge in [0, 0.05) is 36.5 Å². The third-order valence-corrected chi connectivity index (χ3v) is 3.91. The topological polar surface area (TPSA) is 49.0 Å². The maximum absolute atomic E-state index is 12.7. The molecule has 1 atom stereocenters. The molecule has 1 unspecified atom stereocenters. The zero-order chi connectivity index (χ0) is 14.8. The van der Waals surface area contributed by atoms with Gasteiger partial charge in [0.1, 0.15) is 0 Å². The molecule has 0 aliphatic carbocycles. The third-order valence-electron chi connectivity index (χ3n) is 3.91. The van der Waals surface area contributed by atoms with E-state index in [1.807, 2.05) is 50.4 Å². The van der Waals surface area contributed by atoms with E-state index in [0.717, 1.165) is 16.5 Å². The highest BCUT2D eigenvalue weighted by atomic mass is 16.2. The molecule has 3 aromatic rings. The number of aromatic nitrogens is 2. The maximum Gasteiger partial charge on any atom is 0.256 e. The Hall–Kier alpha value is -2.62. The maximum atomic E-state index is 12.7. The fourth-order valence-corrected chi connectivity index (χ4v) is 2.48. The number of benzene rings is 1. The molecule has 0 saturated carbocycles. The van der Waals surface area contributed by atoms with E-state index < -0.39 is 0 Å². The van der Waals surface area contributed by atoms with Gasteiger partial charge in [0.25, 0.3) is 5.91 Å². The highest BCUT2D eigenvalue weighted by Crippen LogP contribution is 2.24. The van der Waals surface area contributed by atoms with Crippen LogP contribution in [0.1, 0.15) is 28.9 Å². The average molecular weight is 279 g/mol. The summed E-state index contributed by atoms with van der Waals surface area (Å²) in [6.45, 7) is 2.02. The van der Waals surface area contributed by atoms with Crippen molar-refractivity contribution in [1.82, 2.24) is 14.9 Å². The quantitative estimate of drug-likeness (QED) is 0.799. The number of nitrogens with one attached hydrogen (secondary N) is 1. The SMILES string of the molecule is CC(c1ccncc1)N(C)C(=O)c1c[nH]c2ccccc12. The second-order valence-electron chi connectivity index (χ2n) is 5.12. The van der Waals surface area contributed by atoms with E-state index in [4.69, 9.17) is 0 Å². The van der Waals surface area contributed by atoms with E-state index in [0.29, 0.717) is 5.56 Å². The molecule has 0 aliphatic heterocycles. The molecule has 0 spiro atoms. The number of carbonyl (C=O) groups excluding carboxylic acids is 1. The summed E-state index contributed by atoms with van der Waals surface area (Å²) in [4.78, 5) is 21.6. The third kappa shape index (κ3) is 2.40. The lowest BCUT2D eigenvalue weighted by molar-refractivity contribution is 0.0744. The predicted octanol–water partition coefficient (Wildman–Crippen LogP) is 3.40. The Morgan fingerprint density at radius 1 is 1.19 bits per heavy atom. The number of H-pyrrole nitrogens is 1. The van der Waals surface area contributed by atoms with E-state index in [1.54, 1.807) is 23.5 Å². The van der Waals surface area contributed by atoms with Crippen LogP contribution in [0.4, 0.5) is 0 Å². The van der Waals surface area contributed by atoms with Crippen LogP contribution in [0.15, 0.2) is 55.0 Å². The van der Waals surface area contributed by atoms with Gasteiger partial charge in [-0.1, -0.05) is 18.2 Å². The summed E-state index contributed by atoms with van der Waals surface area (Å²) in [5, 5.41) is 0.955. The summed E-state index contributed by atoms with van der Waals surface area (Å²) in [5.41, 5.74) is 2.75. The zero-order valence-electron chi connectivity index (χ0n) is 12.1. The van der Waals surface area contributed by atoms with Crippen LogP contribution in [0.3, 0.4) is 0 Å². The van der Waals surface area contributed by atoms with Crippen LogP contribution < -0.4 is 0 Å². The van der Waals surface area contributed by atoms with E-state index in [9.17, 15) is 4.79 Å². The lowest BCUT2D eigenvalue weighted by Crippen LogP contribution is -2.29. The van der Waals surface area contributed by atoms with Crippen LogP contribution in [0, 0.1) is 0 Å². The number of amides is 1. The van der Waals surface area contributed by atoms with Crippen LogP contribution >= 0.6 is 0 Å². The van der Waals surface area contributed by atoms with Crippen molar-refractivity contribution in [2.24, 2.45) is 0 Å². The molecule has 2 aromatic heterocycles. The van der Waals surface area contributed by atoms with Crippen molar-refractivity contribution in [3.63, 3.8) is 0 Å². The lowest BCUT2D eigenvalue weighted by atomic mass is 10.1. The van der Waals surface area contributed by atoms with Gasteiger partial charge in [-0.05, 0) is 30.7 Å². The number of rotatable bonds is 3. The number of hydrogen-bond donors (Lipinski definition) is 1. The molecule has 0 saturated heterocycles. The van der Waals surface area contributed by atoms with Gasteiger partial charge < -0.3 is 9.88 Å². The van der Waals surface area contributed by atoms with Gasteiger partial charge in [0.15, 0.2) is 0 Å². The Morgan fingerprint density at radius 2 is 1.90 bits per heavy atom. The highest BCUT2D eigenvalue weighted by Gasteiger charge is 2.21. The fourth-order valence-electron chi connectivity index (χ4n) is 2.48. The molecule has 0 aliphatic rings. The minimum absolute atomic E-state index is 0.00541. The molecule has 3 rings (SSSR count). The summed E-state index contributed by atoms with van der Waals surface area (Å²) in [6.07, 6.45) is 5.27. The molecule has 0 radical (unpaired) electrons. The largest absolute Gasteiger partial charge is 0.360 e. The predicted molar refractivity (Wildman–Crippen MR) is 83.0 cm³/mol. The van der Waals surface area contributed by atoms with Gasteiger partial charge in [-0.3, -0.25) is 9.78 Å². The monoisotopic (exact) mass is 279 g/mol. The molecule has 4 heteroatoms. The highest BCUT2D eigenvalue weighted by molar-refractivity contribution is 6.06. The molecule has 4 nitrogen and oxygen atoms in total. The summed E-state index contributed by atoms with van der Waals surface area (Å²) in [7, 11) is 1.83. The first kappa shape index (κ1) is 13.4. The normalized spacial score (nSPS) is 12.3. The van der Waals surface area contributed by atoms with Gasteiger partial charge in [-0.25, -0.2) is 0 Å². The van der Waals surface area contributed by atoms with Crippen molar-refractivity contribution in [3.8, 4) is 0 Å². The summed E-state index contributed by atoms with van der Waals surface area (Å²) in [6, 6.07) is 11.7. The van der Waals surface area contributed by atoms with E-state index in [2.05, 4.69) is 9.97 Å². The Kier molecular flexibility index (Phi) is 3.44. The van der Waals surface area contributed by atoms with Crippen molar-refractivity contribution in [3.05, 3.63) is 66.1 Å². The van der Waals surface area contributed by atoms with E-state index in [1.165, 1.54) is 0 Å². The van der Waals surface area contributed by atoms with Crippen LogP contribution in [-0.4, -0.2) is 27.8 Å². The molecule has 1 aromatic carbocycles. The molecule has 106 valence electrons. The summed E-state index contributed by atoms with van der Waals surface area (Å²) >= 11 is 0. The van der Waals surface area contributed by atoms with E-state index in [-0.39, 0.29) is 11.9 Å². The van der Waals surface area contributed by atoms with Crippen molar-refractivity contribution >= 4 is 16.8 Å². The minimum atomic E-state index is -0.00541. The number of nitrogens with zero attached hydrogens (tertiary/aromatic N) is 2. The number of carbonyl (C=O) groups is 1. The van der Waals surface area contributed by atoms with Crippen LogP contribution in [0.2, 0.25) is 0 Å². The van der Waals surface area contributed by atoms with Gasteiger partial charge in [-0.15, -0.1) is 0 Å². The summed E-state index contributed by atoms with van der Waals surface area (Å²) < 4.78 is 0. The molecule has 1 amide bonds. The Morgan fingerprint density at radius 3 is 2.67 bits per heavy atom. The smallest absolute Gasteiger partial charge is 0.256 e. The van der Waals surface area contributed by atoms with Crippen LogP contribution in [-0.2, 0) is 0 Å². The first-order valence-electron chi connectivity index (χ1n) is 6.91. The standard InChI is InChI=1S/C17H17N3O/c1-12(13-7-9-18-10-8-13)20(2)17(21)15-11-19-16-6-4-3-5-14(15)16/h3-12,19H,1-2H3. The number of pyridine rings is 1. The minimum Gasteiger partial charge on any atom is -0.360 e. The molecule has 1 N–H and O–H groups in total. The molecule has 0 fully saturated rings. The summed E-state index contributed by atoms with van der Waals surface area (Å²) in [5.74, 6) is 0.0109. The second kappa shape index (κ2) is 5.40. The van der Waals surface area contributed by atoms with E-state index >= 15 is 0 Å². The molecular formula is C17H17N3O. The number of fused-ring (bicyclic) bond motifs is 1. The van der Waals surface area contributed by atoms with Gasteiger partial charge in [0.05, 0.1) is 11.6 Å². The van der Waals surface area contributed by atoms with Crippen molar-refractivity contribution in [2.45, 2.75) is 13.0 Å². The molecule has 0 bridgehead atoms. The van der Waals surface area contributed by atoms with Crippen molar-refractivity contribution < 1.29 is 4.79 Å². The Labute approximate surface area is 123 Å². The van der Waals surface area contributed by atoms with Crippen LogP contribution in [0.25, 0.3) is 10.9 Å².